The Morgan fingerprint density at radius 3 is 2.60 bits per heavy atom. The van der Waals surface area contributed by atoms with Gasteiger partial charge in [-0.15, -0.1) is 0 Å². The third-order valence-corrected chi connectivity index (χ3v) is 3.86. The molecular formula is C19H15N3O3. The van der Waals surface area contributed by atoms with Gasteiger partial charge in [0.2, 0.25) is 6.10 Å². The second-order valence-corrected chi connectivity index (χ2v) is 5.58. The van der Waals surface area contributed by atoms with Crippen LogP contribution in [0.5, 0.6) is 11.5 Å². The molecule has 3 aromatic rings. The molecule has 25 heavy (non-hydrogen) atoms. The van der Waals surface area contributed by atoms with Gasteiger partial charge < -0.3 is 9.47 Å². The zero-order chi connectivity index (χ0) is 17.1. The maximum absolute atomic E-state index is 12.2. The van der Waals surface area contributed by atoms with E-state index in [4.69, 9.17) is 9.47 Å². The van der Waals surface area contributed by atoms with Crippen LogP contribution >= 0.6 is 0 Å². The van der Waals surface area contributed by atoms with Crippen molar-refractivity contribution in [1.82, 2.24) is 10.4 Å². The zero-order valence-electron chi connectivity index (χ0n) is 13.3. The molecule has 2 aromatic carbocycles. The van der Waals surface area contributed by atoms with Crippen LogP contribution in [0.4, 0.5) is 0 Å². The fourth-order valence-corrected chi connectivity index (χ4v) is 2.58. The zero-order valence-corrected chi connectivity index (χ0v) is 13.3. The monoisotopic (exact) mass is 333 g/mol. The number of fused-ring (bicyclic) bond motifs is 2. The molecule has 0 radical (unpaired) electrons. The first-order valence-corrected chi connectivity index (χ1v) is 7.85. The van der Waals surface area contributed by atoms with E-state index in [0.717, 1.165) is 16.3 Å². The first-order valence-electron chi connectivity index (χ1n) is 7.85. The molecule has 0 unspecified atom stereocenters. The quantitative estimate of drug-likeness (QED) is 0.590. The molecule has 0 aliphatic carbocycles. The van der Waals surface area contributed by atoms with Gasteiger partial charge in [0, 0.05) is 12.4 Å². The Labute approximate surface area is 144 Å². The summed E-state index contributed by atoms with van der Waals surface area (Å²) in [4.78, 5) is 16.1. The Kier molecular flexibility index (Phi) is 4.00. The van der Waals surface area contributed by atoms with E-state index in [-0.39, 0.29) is 12.5 Å². The maximum Gasteiger partial charge on any atom is 0.284 e. The molecule has 2 heterocycles. The van der Waals surface area contributed by atoms with E-state index in [1.165, 1.54) is 0 Å². The van der Waals surface area contributed by atoms with Crippen LogP contribution in [0.25, 0.3) is 10.8 Å². The van der Waals surface area contributed by atoms with Crippen molar-refractivity contribution in [3.63, 3.8) is 0 Å². The minimum atomic E-state index is -0.747. The number of carbonyl (C=O) groups is 1. The van der Waals surface area contributed by atoms with Crippen LogP contribution in [0.2, 0.25) is 0 Å². The van der Waals surface area contributed by atoms with Crippen LogP contribution in [0.3, 0.4) is 0 Å². The summed E-state index contributed by atoms with van der Waals surface area (Å²) in [6, 6.07) is 15.3. The van der Waals surface area contributed by atoms with Crippen LogP contribution in [0, 0.1) is 0 Å². The number of rotatable bonds is 3. The van der Waals surface area contributed by atoms with Gasteiger partial charge in [-0.2, -0.15) is 5.10 Å². The molecule has 0 fully saturated rings. The highest BCUT2D eigenvalue weighted by Gasteiger charge is 2.27. The predicted molar refractivity (Wildman–Crippen MR) is 93.8 cm³/mol. The number of amides is 1. The molecule has 4 rings (SSSR count). The fraction of sp³-hybridized carbons (Fsp3) is 0.105. The highest BCUT2D eigenvalue weighted by molar-refractivity contribution is 5.87. The third-order valence-electron chi connectivity index (χ3n) is 3.86. The molecule has 1 N–H and O–H groups in total. The summed E-state index contributed by atoms with van der Waals surface area (Å²) >= 11 is 0. The van der Waals surface area contributed by atoms with Crippen molar-refractivity contribution >= 4 is 22.9 Å². The van der Waals surface area contributed by atoms with Crippen molar-refractivity contribution in [1.29, 1.82) is 0 Å². The molecule has 1 aliphatic heterocycles. The van der Waals surface area contributed by atoms with Crippen LogP contribution in [0.15, 0.2) is 66.0 Å². The Hall–Kier alpha value is -3.41. The summed E-state index contributed by atoms with van der Waals surface area (Å²) in [7, 11) is 0. The van der Waals surface area contributed by atoms with Crippen LogP contribution < -0.4 is 14.9 Å². The fourth-order valence-electron chi connectivity index (χ4n) is 2.58. The number of hydrogen-bond donors (Lipinski definition) is 1. The lowest BCUT2D eigenvalue weighted by molar-refractivity contribution is -0.130. The van der Waals surface area contributed by atoms with E-state index in [1.54, 1.807) is 30.7 Å². The largest absolute Gasteiger partial charge is 0.485 e. The van der Waals surface area contributed by atoms with Gasteiger partial charge in [0.15, 0.2) is 11.5 Å². The van der Waals surface area contributed by atoms with Gasteiger partial charge in [0.1, 0.15) is 6.61 Å². The van der Waals surface area contributed by atoms with Gasteiger partial charge in [-0.05, 0) is 40.6 Å². The number of nitrogens with one attached hydrogen (secondary N) is 1. The molecule has 0 bridgehead atoms. The molecule has 0 spiro atoms. The summed E-state index contributed by atoms with van der Waals surface area (Å²) in [5.74, 6) is 0.843. The van der Waals surface area contributed by atoms with Gasteiger partial charge in [0.25, 0.3) is 5.91 Å². The number of carbonyl (C=O) groups excluding carboxylic acids is 1. The number of aromatic nitrogens is 1. The van der Waals surface area contributed by atoms with E-state index in [9.17, 15) is 4.79 Å². The first-order chi connectivity index (χ1) is 12.3. The second kappa shape index (κ2) is 6.60. The molecule has 124 valence electrons. The lowest BCUT2D eigenvalue weighted by Crippen LogP contribution is -2.42. The normalized spacial score (nSPS) is 16.1. The Balaban J connectivity index is 1.45. The highest BCUT2D eigenvalue weighted by Crippen LogP contribution is 2.35. The molecule has 0 saturated heterocycles. The summed E-state index contributed by atoms with van der Waals surface area (Å²) in [5, 5.41) is 6.03. The maximum atomic E-state index is 12.2. The first kappa shape index (κ1) is 15.1. The smallest absolute Gasteiger partial charge is 0.284 e. The third kappa shape index (κ3) is 3.28. The summed E-state index contributed by atoms with van der Waals surface area (Å²) in [6.07, 6.45) is 4.11. The molecule has 1 amide bonds. The lowest BCUT2D eigenvalue weighted by atomic mass is 10.1. The van der Waals surface area contributed by atoms with E-state index in [1.807, 2.05) is 36.4 Å². The second-order valence-electron chi connectivity index (χ2n) is 5.58. The Morgan fingerprint density at radius 1 is 1.12 bits per heavy atom. The Morgan fingerprint density at radius 2 is 1.84 bits per heavy atom. The van der Waals surface area contributed by atoms with E-state index < -0.39 is 6.10 Å². The predicted octanol–water partition coefficient (Wildman–Crippen LogP) is 2.52. The van der Waals surface area contributed by atoms with Crippen molar-refractivity contribution in [2.24, 2.45) is 5.10 Å². The van der Waals surface area contributed by atoms with Crippen molar-refractivity contribution in [3.8, 4) is 11.5 Å². The molecule has 0 saturated carbocycles. The van der Waals surface area contributed by atoms with Crippen molar-refractivity contribution in [2.45, 2.75) is 6.10 Å². The van der Waals surface area contributed by atoms with Gasteiger partial charge in [0.05, 0.1) is 6.21 Å². The SMILES string of the molecule is O=C(N/N=C/c1ccncc1)[C@@H]1COc2cc3ccccc3cc2O1. The van der Waals surface area contributed by atoms with Crippen molar-refractivity contribution in [2.75, 3.05) is 6.61 Å². The number of hydrogen-bond acceptors (Lipinski definition) is 5. The highest BCUT2D eigenvalue weighted by atomic mass is 16.6. The average Bonchev–Trinajstić information content (AvgIpc) is 2.66. The number of ether oxygens (including phenoxy) is 2. The molecule has 6 nitrogen and oxygen atoms in total. The van der Waals surface area contributed by atoms with Gasteiger partial charge >= 0.3 is 0 Å². The molecule has 1 aliphatic rings. The van der Waals surface area contributed by atoms with Gasteiger partial charge in [-0.25, -0.2) is 5.43 Å². The minimum absolute atomic E-state index is 0.141. The van der Waals surface area contributed by atoms with Crippen LogP contribution in [-0.4, -0.2) is 29.8 Å². The van der Waals surface area contributed by atoms with E-state index in [0.29, 0.717) is 11.5 Å². The Bertz CT molecular complexity index is 941. The molecule has 1 aromatic heterocycles. The van der Waals surface area contributed by atoms with Crippen molar-refractivity contribution in [3.05, 3.63) is 66.5 Å². The summed E-state index contributed by atoms with van der Waals surface area (Å²) in [6.45, 7) is 0.141. The standard InChI is InChI=1S/C19H15N3O3/c23-19(22-21-11-13-5-7-20-8-6-13)18-12-24-16-9-14-3-1-2-4-15(14)10-17(16)25-18/h1-11,18H,12H2,(H,22,23)/b21-11+/t18-/m0/s1. The number of nitrogens with zero attached hydrogens (tertiary/aromatic N) is 2. The van der Waals surface area contributed by atoms with Crippen LogP contribution in [0.1, 0.15) is 5.56 Å². The minimum Gasteiger partial charge on any atom is -0.485 e. The number of hydrazone groups is 1. The topological polar surface area (TPSA) is 72.8 Å². The molecular weight excluding hydrogens is 318 g/mol. The van der Waals surface area contributed by atoms with E-state index >= 15 is 0 Å². The number of pyridine rings is 1. The van der Waals surface area contributed by atoms with Crippen LogP contribution in [-0.2, 0) is 4.79 Å². The number of benzene rings is 2. The average molecular weight is 333 g/mol. The summed E-state index contributed by atoms with van der Waals surface area (Å²) in [5.41, 5.74) is 3.31. The van der Waals surface area contributed by atoms with Crippen molar-refractivity contribution < 1.29 is 14.3 Å². The van der Waals surface area contributed by atoms with E-state index in [2.05, 4.69) is 15.5 Å². The van der Waals surface area contributed by atoms with Gasteiger partial charge in [-0.3, -0.25) is 9.78 Å². The summed E-state index contributed by atoms with van der Waals surface area (Å²) < 4.78 is 11.5. The molecule has 1 atom stereocenters. The lowest BCUT2D eigenvalue weighted by Gasteiger charge is -2.25. The van der Waals surface area contributed by atoms with Gasteiger partial charge in [-0.1, -0.05) is 24.3 Å². The molecule has 6 heteroatoms.